The van der Waals surface area contributed by atoms with E-state index in [1.165, 1.54) is 11.3 Å². The number of rotatable bonds is 4. The van der Waals surface area contributed by atoms with Crippen molar-refractivity contribution in [2.24, 2.45) is 0 Å². The van der Waals surface area contributed by atoms with Crippen molar-refractivity contribution in [1.82, 2.24) is 21.1 Å². The molecule has 2 rings (SSSR count). The Labute approximate surface area is 116 Å². The van der Waals surface area contributed by atoms with Crippen LogP contribution in [0.1, 0.15) is 16.1 Å². The molecule has 104 valence electrons. The van der Waals surface area contributed by atoms with E-state index in [1.807, 2.05) is 12.4 Å². The molecule has 1 aromatic rings. The molecule has 1 fully saturated rings. The molecule has 0 spiro atoms. The number of carbonyl (C=O) groups is 2. The fraction of sp³-hybridized carbons (Fsp3) is 0.500. The van der Waals surface area contributed by atoms with Gasteiger partial charge in [0.2, 0.25) is 0 Å². The highest BCUT2D eigenvalue weighted by atomic mass is 32.1. The molecule has 3 N–H and O–H groups in total. The number of hydrogen-bond donors (Lipinski definition) is 3. The van der Waals surface area contributed by atoms with Crippen LogP contribution in [0.2, 0.25) is 0 Å². The zero-order valence-electron chi connectivity index (χ0n) is 10.8. The predicted molar refractivity (Wildman–Crippen MR) is 73.8 cm³/mol. The molecule has 0 saturated carbocycles. The van der Waals surface area contributed by atoms with Gasteiger partial charge in [-0.25, -0.2) is 0 Å². The molecule has 2 amide bonds. The maximum atomic E-state index is 11.7. The Morgan fingerprint density at radius 1 is 1.47 bits per heavy atom. The summed E-state index contributed by atoms with van der Waals surface area (Å²) in [6, 6.07) is 3.96. The van der Waals surface area contributed by atoms with Crippen molar-refractivity contribution < 1.29 is 9.59 Å². The Morgan fingerprint density at radius 2 is 2.32 bits per heavy atom. The number of likely N-dealkylation sites (tertiary alicyclic amines) is 1. The van der Waals surface area contributed by atoms with Crippen LogP contribution in [0.25, 0.3) is 0 Å². The summed E-state index contributed by atoms with van der Waals surface area (Å²) in [5.41, 5.74) is 4.85. The summed E-state index contributed by atoms with van der Waals surface area (Å²) >= 11 is 1.34. The van der Waals surface area contributed by atoms with Crippen LogP contribution in [0.5, 0.6) is 0 Å². The fourth-order valence-corrected chi connectivity index (χ4v) is 2.67. The summed E-state index contributed by atoms with van der Waals surface area (Å²) in [7, 11) is 1.93. The highest BCUT2D eigenvalue weighted by Gasteiger charge is 2.22. The largest absolute Gasteiger partial charge is 0.316 e. The Bertz CT molecular complexity index is 435. The van der Waals surface area contributed by atoms with Crippen LogP contribution in [-0.4, -0.2) is 49.4 Å². The van der Waals surface area contributed by atoms with Crippen molar-refractivity contribution in [1.29, 1.82) is 0 Å². The molecule has 0 radical (unpaired) electrons. The lowest BCUT2D eigenvalue weighted by Crippen LogP contribution is -2.46. The van der Waals surface area contributed by atoms with E-state index < -0.39 is 0 Å². The summed E-state index contributed by atoms with van der Waals surface area (Å²) in [4.78, 5) is 25.9. The number of nitrogens with one attached hydrogen (secondary N) is 3. The second kappa shape index (κ2) is 6.65. The molecule has 1 saturated heterocycles. The first-order valence-corrected chi connectivity index (χ1v) is 7.09. The molecule has 1 unspecified atom stereocenters. The Hall–Kier alpha value is -1.44. The fourth-order valence-electron chi connectivity index (χ4n) is 2.05. The predicted octanol–water partition coefficient (Wildman–Crippen LogP) is -0.197. The van der Waals surface area contributed by atoms with Crippen molar-refractivity contribution in [2.45, 2.75) is 12.5 Å². The van der Waals surface area contributed by atoms with Gasteiger partial charge in [-0.15, -0.1) is 11.3 Å². The van der Waals surface area contributed by atoms with E-state index in [4.69, 9.17) is 0 Å². The first kappa shape index (κ1) is 14.0. The van der Waals surface area contributed by atoms with E-state index in [2.05, 4.69) is 21.1 Å². The molecule has 7 heteroatoms. The van der Waals surface area contributed by atoms with Crippen LogP contribution < -0.4 is 16.2 Å². The van der Waals surface area contributed by atoms with Gasteiger partial charge in [-0.1, -0.05) is 6.07 Å². The lowest BCUT2D eigenvalue weighted by molar-refractivity contribution is -0.122. The minimum absolute atomic E-state index is 0.193. The minimum Gasteiger partial charge on any atom is -0.316 e. The lowest BCUT2D eigenvalue weighted by Gasteiger charge is -2.15. The molecule has 6 nitrogen and oxygen atoms in total. The van der Waals surface area contributed by atoms with Gasteiger partial charge in [0, 0.05) is 19.1 Å². The van der Waals surface area contributed by atoms with Crippen LogP contribution >= 0.6 is 11.3 Å². The van der Waals surface area contributed by atoms with E-state index in [-0.39, 0.29) is 11.8 Å². The van der Waals surface area contributed by atoms with Crippen LogP contribution in [0.3, 0.4) is 0 Å². The van der Waals surface area contributed by atoms with Crippen LogP contribution in [0, 0.1) is 0 Å². The van der Waals surface area contributed by atoms with Crippen LogP contribution in [0.15, 0.2) is 17.5 Å². The van der Waals surface area contributed by atoms with Gasteiger partial charge < -0.3 is 5.32 Å². The number of amides is 2. The van der Waals surface area contributed by atoms with Gasteiger partial charge in [0.1, 0.15) is 0 Å². The topological polar surface area (TPSA) is 73.5 Å². The van der Waals surface area contributed by atoms with E-state index in [1.54, 1.807) is 12.1 Å². The van der Waals surface area contributed by atoms with Gasteiger partial charge in [-0.05, 0) is 24.9 Å². The van der Waals surface area contributed by atoms with E-state index >= 15 is 0 Å². The molecule has 1 aliphatic rings. The highest BCUT2D eigenvalue weighted by Crippen LogP contribution is 2.08. The molecular weight excluding hydrogens is 264 g/mol. The molecule has 1 aromatic heterocycles. The highest BCUT2D eigenvalue weighted by molar-refractivity contribution is 7.12. The summed E-state index contributed by atoms with van der Waals surface area (Å²) in [6.45, 7) is 2.07. The van der Waals surface area contributed by atoms with Gasteiger partial charge in [0.25, 0.3) is 11.8 Å². The van der Waals surface area contributed by atoms with E-state index in [0.717, 1.165) is 19.5 Å². The molecule has 0 aromatic carbocycles. The van der Waals surface area contributed by atoms with Crippen molar-refractivity contribution in [2.75, 3.05) is 26.7 Å². The van der Waals surface area contributed by atoms with Crippen molar-refractivity contribution in [3.8, 4) is 0 Å². The van der Waals surface area contributed by atoms with Gasteiger partial charge in [0.05, 0.1) is 11.4 Å². The van der Waals surface area contributed by atoms with Crippen LogP contribution in [0.4, 0.5) is 0 Å². The third kappa shape index (κ3) is 4.02. The monoisotopic (exact) mass is 282 g/mol. The zero-order chi connectivity index (χ0) is 13.7. The first-order chi connectivity index (χ1) is 9.19. The lowest BCUT2D eigenvalue weighted by atomic mass is 10.3. The third-order valence-electron chi connectivity index (χ3n) is 3.11. The molecule has 1 aliphatic heterocycles. The molecule has 0 bridgehead atoms. The van der Waals surface area contributed by atoms with Gasteiger partial charge in [0.15, 0.2) is 0 Å². The number of thiophene rings is 1. The van der Waals surface area contributed by atoms with Crippen molar-refractivity contribution >= 4 is 23.2 Å². The number of likely N-dealkylation sites (N-methyl/N-ethyl adjacent to an activating group) is 1. The number of carbonyl (C=O) groups excluding carboxylic acids is 2. The molecule has 1 atom stereocenters. The van der Waals surface area contributed by atoms with Gasteiger partial charge >= 0.3 is 0 Å². The van der Waals surface area contributed by atoms with E-state index in [9.17, 15) is 9.59 Å². The third-order valence-corrected chi connectivity index (χ3v) is 3.98. The SMILES string of the molecule is CNC1CCN(CC(=O)NNC(=O)c2cccs2)C1. The van der Waals surface area contributed by atoms with E-state index in [0.29, 0.717) is 17.5 Å². The molecular formula is C12H18N4O2S. The Morgan fingerprint density at radius 3 is 2.95 bits per heavy atom. The number of hydrazine groups is 1. The van der Waals surface area contributed by atoms with Gasteiger partial charge in [-0.3, -0.25) is 25.3 Å². The standard InChI is InChI=1S/C12H18N4O2S/c1-13-9-4-5-16(7-9)8-11(17)14-15-12(18)10-3-2-6-19-10/h2-3,6,9,13H,4-5,7-8H2,1H3,(H,14,17)(H,15,18). The zero-order valence-corrected chi connectivity index (χ0v) is 11.6. The number of nitrogens with zero attached hydrogens (tertiary/aromatic N) is 1. The van der Waals surface area contributed by atoms with Crippen molar-refractivity contribution in [3.63, 3.8) is 0 Å². The average Bonchev–Trinajstić information content (AvgIpc) is 3.06. The summed E-state index contributed by atoms with van der Waals surface area (Å²) in [5.74, 6) is -0.473. The maximum Gasteiger partial charge on any atom is 0.279 e. The first-order valence-electron chi connectivity index (χ1n) is 6.21. The normalized spacial score (nSPS) is 19.3. The molecule has 0 aliphatic carbocycles. The second-order valence-electron chi connectivity index (χ2n) is 4.49. The Kier molecular flexibility index (Phi) is 4.89. The van der Waals surface area contributed by atoms with Crippen molar-refractivity contribution in [3.05, 3.63) is 22.4 Å². The summed E-state index contributed by atoms with van der Waals surface area (Å²) in [5, 5.41) is 5.01. The Balaban J connectivity index is 1.69. The second-order valence-corrected chi connectivity index (χ2v) is 5.44. The average molecular weight is 282 g/mol. The van der Waals surface area contributed by atoms with Crippen LogP contribution in [-0.2, 0) is 4.79 Å². The molecule has 19 heavy (non-hydrogen) atoms. The van der Waals surface area contributed by atoms with Gasteiger partial charge in [-0.2, -0.15) is 0 Å². The minimum atomic E-state index is -0.280. The quantitative estimate of drug-likeness (QED) is 0.669. The summed E-state index contributed by atoms with van der Waals surface area (Å²) < 4.78 is 0. The number of hydrogen-bond acceptors (Lipinski definition) is 5. The summed E-state index contributed by atoms with van der Waals surface area (Å²) in [6.07, 6.45) is 1.05. The smallest absolute Gasteiger partial charge is 0.279 e. The maximum absolute atomic E-state index is 11.7. The molecule has 2 heterocycles.